The van der Waals surface area contributed by atoms with E-state index in [1.165, 1.54) is 62.6 Å². The SMILES string of the molecule is c1ccc2c(c1)oc1cccc(N(c3ccc(-c4ccc5c(c4)sc4ccccc45)cc3)c3ccc(-c4cccc5sc6ccccc6c45)cc3)c12. The second-order valence-corrected chi connectivity index (χ2v) is 15.4. The molecular formula is C48H29NOS2. The van der Waals surface area contributed by atoms with Crippen LogP contribution in [0, 0.1) is 0 Å². The standard InChI is InChI=1S/C48H29NOS2/c1-4-14-41-38(10-1)48-40(13-8-15-42(48)50-41)49(33-24-19-30(20-25-33)32-23-28-37-36-9-2-5-16-43(36)52-46(37)29-32)34-26-21-31(22-27-34)35-12-7-18-45-47(35)39-11-3-6-17-44(39)51-45/h1-29H. The Kier molecular flexibility index (Phi) is 6.63. The predicted molar refractivity (Wildman–Crippen MR) is 225 cm³/mol. The Bertz CT molecular complexity index is 3130. The van der Waals surface area contributed by atoms with Crippen LogP contribution in [0.3, 0.4) is 0 Å². The van der Waals surface area contributed by atoms with E-state index >= 15 is 0 Å². The number of nitrogens with zero attached hydrogens (tertiary/aromatic N) is 1. The topological polar surface area (TPSA) is 16.4 Å². The van der Waals surface area contributed by atoms with E-state index in [4.69, 9.17) is 4.42 Å². The number of fused-ring (bicyclic) bond motifs is 9. The molecule has 0 radical (unpaired) electrons. The van der Waals surface area contributed by atoms with E-state index in [0.29, 0.717) is 0 Å². The Balaban J connectivity index is 1.05. The molecule has 0 spiro atoms. The molecule has 0 saturated carbocycles. The van der Waals surface area contributed by atoms with Crippen LogP contribution < -0.4 is 4.90 Å². The zero-order valence-corrected chi connectivity index (χ0v) is 29.5. The summed E-state index contributed by atoms with van der Waals surface area (Å²) in [5.74, 6) is 0. The zero-order valence-electron chi connectivity index (χ0n) is 27.9. The van der Waals surface area contributed by atoms with Crippen LogP contribution in [0.2, 0.25) is 0 Å². The van der Waals surface area contributed by atoms with Gasteiger partial charge in [0.25, 0.3) is 0 Å². The molecule has 3 heterocycles. The molecule has 0 saturated heterocycles. The van der Waals surface area contributed by atoms with Gasteiger partial charge in [-0.2, -0.15) is 0 Å². The first kappa shape index (κ1) is 29.5. The van der Waals surface area contributed by atoms with E-state index < -0.39 is 0 Å². The van der Waals surface area contributed by atoms with E-state index in [2.05, 4.69) is 175 Å². The minimum atomic E-state index is 0.879. The first-order valence-corrected chi connectivity index (χ1v) is 19.1. The summed E-state index contributed by atoms with van der Waals surface area (Å²) in [5.41, 5.74) is 9.91. The lowest BCUT2D eigenvalue weighted by atomic mass is 9.99. The number of furan rings is 1. The highest BCUT2D eigenvalue weighted by atomic mass is 32.1. The number of para-hydroxylation sites is 1. The van der Waals surface area contributed by atoms with E-state index in [1.54, 1.807) is 0 Å². The summed E-state index contributed by atoms with van der Waals surface area (Å²) in [4.78, 5) is 2.37. The minimum Gasteiger partial charge on any atom is -0.456 e. The zero-order chi connectivity index (χ0) is 34.2. The fourth-order valence-electron chi connectivity index (χ4n) is 7.88. The van der Waals surface area contributed by atoms with Crippen LogP contribution in [-0.2, 0) is 0 Å². The summed E-state index contributed by atoms with van der Waals surface area (Å²) in [6.07, 6.45) is 0. The van der Waals surface area contributed by atoms with Crippen LogP contribution >= 0.6 is 22.7 Å². The van der Waals surface area contributed by atoms with Crippen molar-refractivity contribution < 1.29 is 4.42 Å². The molecule has 0 atom stereocenters. The summed E-state index contributed by atoms with van der Waals surface area (Å²) < 4.78 is 11.6. The van der Waals surface area contributed by atoms with Gasteiger partial charge in [-0.25, -0.2) is 0 Å². The van der Waals surface area contributed by atoms with Crippen molar-refractivity contribution in [1.29, 1.82) is 0 Å². The maximum Gasteiger partial charge on any atom is 0.137 e. The van der Waals surface area contributed by atoms with Gasteiger partial charge in [0.15, 0.2) is 0 Å². The molecule has 0 aliphatic carbocycles. The van der Waals surface area contributed by atoms with Gasteiger partial charge < -0.3 is 9.32 Å². The fourth-order valence-corrected chi connectivity index (χ4v) is 10.2. The van der Waals surface area contributed by atoms with Crippen molar-refractivity contribution in [1.82, 2.24) is 0 Å². The second-order valence-electron chi connectivity index (χ2n) is 13.3. The molecule has 52 heavy (non-hydrogen) atoms. The largest absolute Gasteiger partial charge is 0.456 e. The molecule has 0 unspecified atom stereocenters. The Morgan fingerprint density at radius 1 is 0.365 bits per heavy atom. The molecule has 2 nitrogen and oxygen atoms in total. The van der Waals surface area contributed by atoms with E-state index in [9.17, 15) is 0 Å². The molecule has 11 aromatic rings. The monoisotopic (exact) mass is 699 g/mol. The predicted octanol–water partition coefficient (Wildman–Crippen LogP) is 15.1. The summed E-state index contributed by atoms with van der Waals surface area (Å²) in [6.45, 7) is 0. The smallest absolute Gasteiger partial charge is 0.137 e. The lowest BCUT2D eigenvalue weighted by Gasteiger charge is -2.26. The highest BCUT2D eigenvalue weighted by molar-refractivity contribution is 7.26. The molecule has 244 valence electrons. The quantitative estimate of drug-likeness (QED) is 0.178. The number of hydrogen-bond donors (Lipinski definition) is 0. The van der Waals surface area contributed by atoms with Crippen LogP contribution in [0.5, 0.6) is 0 Å². The third kappa shape index (κ3) is 4.62. The number of rotatable bonds is 5. The molecule has 0 fully saturated rings. The maximum atomic E-state index is 6.37. The summed E-state index contributed by atoms with van der Waals surface area (Å²) in [5, 5.41) is 7.50. The van der Waals surface area contributed by atoms with Gasteiger partial charge >= 0.3 is 0 Å². The van der Waals surface area contributed by atoms with Crippen molar-refractivity contribution in [3.8, 4) is 22.3 Å². The van der Waals surface area contributed by atoms with E-state index in [1.807, 2.05) is 28.7 Å². The van der Waals surface area contributed by atoms with E-state index in [-0.39, 0.29) is 0 Å². The van der Waals surface area contributed by atoms with Crippen LogP contribution in [-0.4, -0.2) is 0 Å². The third-order valence-corrected chi connectivity index (χ3v) is 12.6. The van der Waals surface area contributed by atoms with Gasteiger partial charge in [0.05, 0.1) is 11.1 Å². The number of hydrogen-bond acceptors (Lipinski definition) is 4. The summed E-state index contributed by atoms with van der Waals surface area (Å²) in [7, 11) is 0. The Morgan fingerprint density at radius 3 is 1.75 bits per heavy atom. The number of thiophene rings is 2. The van der Waals surface area contributed by atoms with Gasteiger partial charge in [0.2, 0.25) is 0 Å². The molecule has 0 N–H and O–H groups in total. The summed E-state index contributed by atoms with van der Waals surface area (Å²) in [6, 6.07) is 63.7. The maximum absolute atomic E-state index is 6.37. The lowest BCUT2D eigenvalue weighted by molar-refractivity contribution is 0.669. The molecule has 11 rings (SSSR count). The molecule has 0 aliphatic heterocycles. The summed E-state index contributed by atoms with van der Waals surface area (Å²) >= 11 is 3.72. The fraction of sp³-hybridized carbons (Fsp3) is 0. The highest BCUT2D eigenvalue weighted by Gasteiger charge is 2.20. The second kappa shape index (κ2) is 11.7. The molecule has 0 amide bonds. The van der Waals surface area contributed by atoms with Crippen LogP contribution in [0.25, 0.3) is 84.5 Å². The normalized spacial score (nSPS) is 11.8. The third-order valence-electron chi connectivity index (χ3n) is 10.3. The van der Waals surface area contributed by atoms with Crippen LogP contribution in [0.4, 0.5) is 17.1 Å². The number of benzene rings is 8. The Labute approximate surface area is 308 Å². The molecule has 3 aromatic heterocycles. The first-order chi connectivity index (χ1) is 25.8. The first-order valence-electron chi connectivity index (χ1n) is 17.5. The van der Waals surface area contributed by atoms with Crippen LogP contribution in [0.15, 0.2) is 180 Å². The van der Waals surface area contributed by atoms with Crippen molar-refractivity contribution in [2.45, 2.75) is 0 Å². The van der Waals surface area contributed by atoms with E-state index in [0.717, 1.165) is 39.0 Å². The minimum absolute atomic E-state index is 0.879. The molecule has 8 aromatic carbocycles. The molecule has 4 heteroatoms. The van der Waals surface area contributed by atoms with Gasteiger partial charge in [-0.1, -0.05) is 109 Å². The van der Waals surface area contributed by atoms with Crippen molar-refractivity contribution >= 4 is 102 Å². The van der Waals surface area contributed by atoms with Gasteiger partial charge in [-0.05, 0) is 89.0 Å². The molecule has 0 aliphatic rings. The molecule has 0 bridgehead atoms. The molecular weight excluding hydrogens is 671 g/mol. The van der Waals surface area contributed by atoms with Crippen molar-refractivity contribution in [3.05, 3.63) is 176 Å². The van der Waals surface area contributed by atoms with Crippen molar-refractivity contribution in [3.63, 3.8) is 0 Å². The Hall–Kier alpha value is -6.20. The number of anilines is 3. The van der Waals surface area contributed by atoms with Crippen molar-refractivity contribution in [2.75, 3.05) is 4.90 Å². The van der Waals surface area contributed by atoms with Crippen molar-refractivity contribution in [2.24, 2.45) is 0 Å². The van der Waals surface area contributed by atoms with Crippen LogP contribution in [0.1, 0.15) is 0 Å². The van der Waals surface area contributed by atoms with Gasteiger partial charge in [-0.15, -0.1) is 22.7 Å². The average molecular weight is 700 g/mol. The van der Waals surface area contributed by atoms with Gasteiger partial charge in [0, 0.05) is 57.1 Å². The lowest BCUT2D eigenvalue weighted by Crippen LogP contribution is -2.10. The van der Waals surface area contributed by atoms with Gasteiger partial charge in [-0.3, -0.25) is 0 Å². The average Bonchev–Trinajstić information content (AvgIpc) is 3.90. The van der Waals surface area contributed by atoms with Gasteiger partial charge in [0.1, 0.15) is 11.2 Å². The Morgan fingerprint density at radius 2 is 0.942 bits per heavy atom. The highest BCUT2D eigenvalue weighted by Crippen LogP contribution is 2.45.